The number of aliphatic hydroxyl groups is 2. The summed E-state index contributed by atoms with van der Waals surface area (Å²) in [6.07, 6.45) is 9.93. The summed E-state index contributed by atoms with van der Waals surface area (Å²) in [6, 6.07) is 10.3. The second-order valence-electron chi connectivity index (χ2n) is 5.93. The fraction of sp³-hybridized carbons (Fsp3) is 0.500. The fourth-order valence-corrected chi connectivity index (χ4v) is 2.62. The Balaban J connectivity index is 1.97. The number of unbranched alkanes of at least 4 members (excludes halogenated alkanes) is 2. The number of rotatable bonds is 11. The first-order valence-electron chi connectivity index (χ1n) is 8.74. The van der Waals surface area contributed by atoms with Crippen LogP contribution in [-0.4, -0.2) is 42.4 Å². The quantitative estimate of drug-likeness (QED) is 0.482. The topological polar surface area (TPSA) is 58.9 Å². The van der Waals surface area contributed by atoms with Crippen LogP contribution in [0, 0.1) is 0 Å². The summed E-state index contributed by atoms with van der Waals surface area (Å²) in [5.74, 6) is -0.733. The summed E-state index contributed by atoms with van der Waals surface area (Å²) >= 11 is 0. The molecule has 1 aromatic rings. The summed E-state index contributed by atoms with van der Waals surface area (Å²) in [4.78, 5) is 0. The Bertz CT molecular complexity index is 510. The molecule has 1 aromatic carbocycles. The van der Waals surface area contributed by atoms with Gasteiger partial charge in [-0.15, -0.1) is 0 Å². The number of hydrogen-bond acceptors (Lipinski definition) is 4. The van der Waals surface area contributed by atoms with Crippen molar-refractivity contribution in [2.75, 3.05) is 26.4 Å². The molecule has 4 nitrogen and oxygen atoms in total. The minimum atomic E-state index is -0.733. The van der Waals surface area contributed by atoms with Crippen LogP contribution < -0.4 is 0 Å². The monoisotopic (exact) mass is 332 g/mol. The van der Waals surface area contributed by atoms with Gasteiger partial charge >= 0.3 is 0 Å². The molecule has 2 rings (SSSR count). The highest BCUT2D eigenvalue weighted by Gasteiger charge is 2.30. The standard InChI is InChI=1S/C20H28O4/c21-14-4-6-16-23-20(24-17-7-5-15-22)12-10-19(11-13-20)18-8-2-1-3-9-18/h1-3,8-12,21-22H,4-7,13-17H2. The van der Waals surface area contributed by atoms with Crippen LogP contribution in [0.25, 0.3) is 5.57 Å². The summed E-state index contributed by atoms with van der Waals surface area (Å²) in [6.45, 7) is 1.47. The van der Waals surface area contributed by atoms with E-state index in [1.807, 2.05) is 24.3 Å². The molecule has 0 fully saturated rings. The third-order valence-corrected chi connectivity index (χ3v) is 4.03. The fourth-order valence-electron chi connectivity index (χ4n) is 2.62. The second kappa shape index (κ2) is 10.4. The first-order valence-corrected chi connectivity index (χ1v) is 8.74. The first-order chi connectivity index (χ1) is 11.8. The molecule has 0 amide bonds. The van der Waals surface area contributed by atoms with E-state index in [0.29, 0.717) is 19.6 Å². The smallest absolute Gasteiger partial charge is 0.191 e. The van der Waals surface area contributed by atoms with Gasteiger partial charge in [0.2, 0.25) is 0 Å². The number of ether oxygens (including phenoxy) is 2. The molecular formula is C20H28O4. The molecule has 0 atom stereocenters. The van der Waals surface area contributed by atoms with E-state index in [2.05, 4.69) is 24.3 Å². The molecular weight excluding hydrogens is 304 g/mol. The Hall–Kier alpha value is -1.46. The van der Waals surface area contributed by atoms with Gasteiger partial charge in [-0.3, -0.25) is 0 Å². The highest BCUT2D eigenvalue weighted by atomic mass is 16.7. The second-order valence-corrected chi connectivity index (χ2v) is 5.93. The van der Waals surface area contributed by atoms with Gasteiger partial charge < -0.3 is 19.7 Å². The van der Waals surface area contributed by atoms with Crippen LogP contribution in [-0.2, 0) is 9.47 Å². The number of hydrogen-bond donors (Lipinski definition) is 2. The van der Waals surface area contributed by atoms with Gasteiger partial charge in [0.15, 0.2) is 5.79 Å². The average molecular weight is 332 g/mol. The number of allylic oxidation sites excluding steroid dienone is 2. The van der Waals surface area contributed by atoms with Crippen molar-refractivity contribution in [2.24, 2.45) is 0 Å². The van der Waals surface area contributed by atoms with E-state index in [1.54, 1.807) is 0 Å². The van der Waals surface area contributed by atoms with E-state index >= 15 is 0 Å². The highest BCUT2D eigenvalue weighted by molar-refractivity contribution is 5.75. The lowest BCUT2D eigenvalue weighted by atomic mass is 9.96. The molecule has 24 heavy (non-hydrogen) atoms. The molecule has 0 saturated carbocycles. The van der Waals surface area contributed by atoms with Gasteiger partial charge in [-0.1, -0.05) is 42.5 Å². The molecule has 0 bridgehead atoms. The number of aliphatic hydroxyl groups excluding tert-OH is 2. The maximum atomic E-state index is 8.89. The molecule has 0 radical (unpaired) electrons. The summed E-state index contributed by atoms with van der Waals surface area (Å²) in [5.41, 5.74) is 2.35. The lowest BCUT2D eigenvalue weighted by Crippen LogP contribution is -2.35. The van der Waals surface area contributed by atoms with E-state index in [4.69, 9.17) is 19.7 Å². The first kappa shape index (κ1) is 18.9. The molecule has 0 heterocycles. The van der Waals surface area contributed by atoms with Crippen molar-refractivity contribution >= 4 is 5.57 Å². The SMILES string of the molecule is OCCCCOC1(OCCCCO)C=CC(c2ccccc2)=CC1. The lowest BCUT2D eigenvalue weighted by Gasteiger charge is -2.32. The zero-order chi connectivity index (χ0) is 17.1. The normalized spacial score (nSPS) is 16.2. The van der Waals surface area contributed by atoms with Crippen molar-refractivity contribution in [1.29, 1.82) is 0 Å². The molecule has 0 saturated heterocycles. The van der Waals surface area contributed by atoms with Crippen molar-refractivity contribution in [1.82, 2.24) is 0 Å². The predicted octanol–water partition coefficient (Wildman–Crippen LogP) is 3.30. The van der Waals surface area contributed by atoms with Crippen LogP contribution in [0.15, 0.2) is 48.6 Å². The van der Waals surface area contributed by atoms with Crippen molar-refractivity contribution in [2.45, 2.75) is 37.9 Å². The summed E-state index contributed by atoms with van der Waals surface area (Å²) < 4.78 is 12.0. The Kier molecular flexibility index (Phi) is 8.19. The van der Waals surface area contributed by atoms with Crippen molar-refractivity contribution < 1.29 is 19.7 Å². The van der Waals surface area contributed by atoms with E-state index < -0.39 is 5.79 Å². The van der Waals surface area contributed by atoms with Crippen LogP contribution >= 0.6 is 0 Å². The van der Waals surface area contributed by atoms with Crippen LogP contribution in [0.2, 0.25) is 0 Å². The molecule has 132 valence electrons. The summed E-state index contributed by atoms with van der Waals surface area (Å²) in [5, 5.41) is 17.8. The van der Waals surface area contributed by atoms with Crippen LogP contribution in [0.3, 0.4) is 0 Å². The summed E-state index contributed by atoms with van der Waals surface area (Å²) in [7, 11) is 0. The van der Waals surface area contributed by atoms with Crippen molar-refractivity contribution in [3.63, 3.8) is 0 Å². The van der Waals surface area contributed by atoms with E-state index in [9.17, 15) is 0 Å². The van der Waals surface area contributed by atoms with Crippen molar-refractivity contribution in [3.05, 3.63) is 54.1 Å². The molecule has 0 unspecified atom stereocenters. The molecule has 2 N–H and O–H groups in total. The van der Waals surface area contributed by atoms with Gasteiger partial charge in [0, 0.05) is 19.6 Å². The minimum Gasteiger partial charge on any atom is -0.396 e. The zero-order valence-corrected chi connectivity index (χ0v) is 14.2. The Labute approximate surface area is 144 Å². The maximum absolute atomic E-state index is 8.89. The van der Waals surface area contributed by atoms with Crippen LogP contribution in [0.1, 0.15) is 37.7 Å². The molecule has 0 aromatic heterocycles. The highest BCUT2D eigenvalue weighted by Crippen LogP contribution is 2.31. The molecule has 0 aliphatic heterocycles. The Morgan fingerprint density at radius 3 is 2.00 bits per heavy atom. The van der Waals surface area contributed by atoms with Gasteiger partial charge in [-0.05, 0) is 42.9 Å². The van der Waals surface area contributed by atoms with Gasteiger partial charge in [0.1, 0.15) is 0 Å². The Morgan fingerprint density at radius 1 is 0.875 bits per heavy atom. The van der Waals surface area contributed by atoms with Crippen LogP contribution in [0.5, 0.6) is 0 Å². The number of benzene rings is 1. The molecule has 1 aliphatic rings. The van der Waals surface area contributed by atoms with Gasteiger partial charge in [0.25, 0.3) is 0 Å². The zero-order valence-electron chi connectivity index (χ0n) is 14.2. The Morgan fingerprint density at radius 2 is 1.50 bits per heavy atom. The third-order valence-electron chi connectivity index (χ3n) is 4.03. The van der Waals surface area contributed by atoms with Gasteiger partial charge in [0.05, 0.1) is 13.2 Å². The van der Waals surface area contributed by atoms with E-state index in [0.717, 1.165) is 25.7 Å². The maximum Gasteiger partial charge on any atom is 0.191 e. The van der Waals surface area contributed by atoms with Crippen LogP contribution in [0.4, 0.5) is 0 Å². The molecule has 1 aliphatic carbocycles. The van der Waals surface area contributed by atoms with E-state index in [-0.39, 0.29) is 13.2 Å². The largest absolute Gasteiger partial charge is 0.396 e. The molecule has 4 heteroatoms. The minimum absolute atomic E-state index is 0.182. The predicted molar refractivity (Wildman–Crippen MR) is 95.5 cm³/mol. The van der Waals surface area contributed by atoms with Gasteiger partial charge in [-0.2, -0.15) is 0 Å². The molecule has 0 spiro atoms. The third kappa shape index (κ3) is 5.87. The lowest BCUT2D eigenvalue weighted by molar-refractivity contribution is -0.204. The van der Waals surface area contributed by atoms with E-state index in [1.165, 1.54) is 11.1 Å². The van der Waals surface area contributed by atoms with Crippen molar-refractivity contribution in [3.8, 4) is 0 Å². The average Bonchev–Trinajstić information content (AvgIpc) is 2.64. The van der Waals surface area contributed by atoms with Gasteiger partial charge in [-0.25, -0.2) is 0 Å².